The van der Waals surface area contributed by atoms with Gasteiger partial charge in [-0.3, -0.25) is 4.79 Å². The van der Waals surface area contributed by atoms with Crippen molar-refractivity contribution in [1.82, 2.24) is 25.6 Å². The predicted molar refractivity (Wildman–Crippen MR) is 84.8 cm³/mol. The molecule has 1 amide bonds. The van der Waals surface area contributed by atoms with Crippen molar-refractivity contribution in [2.75, 3.05) is 0 Å². The fourth-order valence-electron chi connectivity index (χ4n) is 2.66. The summed E-state index contributed by atoms with van der Waals surface area (Å²) in [5.74, 6) is -0.0219. The number of carbonyl (C=O) groups excluding carboxylic acids is 1. The SMILES string of the molecule is Cc1nonc1CC(=O)NC1CCC(Sc2ncccn2)CC1. The molecule has 1 saturated carbocycles. The molecule has 0 radical (unpaired) electrons. The first-order valence-electron chi connectivity index (χ1n) is 7.72. The highest BCUT2D eigenvalue weighted by molar-refractivity contribution is 7.99. The summed E-state index contributed by atoms with van der Waals surface area (Å²) in [6, 6.07) is 2.05. The maximum absolute atomic E-state index is 12.1. The highest BCUT2D eigenvalue weighted by Gasteiger charge is 2.24. The van der Waals surface area contributed by atoms with Crippen molar-refractivity contribution in [3.63, 3.8) is 0 Å². The summed E-state index contributed by atoms with van der Waals surface area (Å²) in [5, 5.41) is 11.9. The number of nitrogens with zero attached hydrogens (tertiary/aromatic N) is 4. The van der Waals surface area contributed by atoms with Crippen LogP contribution in [0.15, 0.2) is 28.2 Å². The average molecular weight is 333 g/mol. The zero-order valence-corrected chi connectivity index (χ0v) is 13.8. The minimum absolute atomic E-state index is 0.0219. The van der Waals surface area contributed by atoms with Crippen LogP contribution >= 0.6 is 11.8 Å². The Balaban J connectivity index is 1.42. The van der Waals surface area contributed by atoms with Crippen molar-refractivity contribution in [2.45, 2.75) is 55.5 Å². The fourth-order valence-corrected chi connectivity index (χ4v) is 3.71. The molecule has 0 aliphatic heterocycles. The topological polar surface area (TPSA) is 93.8 Å². The molecule has 0 aromatic carbocycles. The summed E-state index contributed by atoms with van der Waals surface area (Å²) in [7, 11) is 0. The van der Waals surface area contributed by atoms with E-state index in [1.54, 1.807) is 31.1 Å². The van der Waals surface area contributed by atoms with Crippen molar-refractivity contribution < 1.29 is 9.42 Å². The molecular formula is C15H19N5O2S. The van der Waals surface area contributed by atoms with Crippen molar-refractivity contribution >= 4 is 17.7 Å². The smallest absolute Gasteiger partial charge is 0.226 e. The number of aryl methyl sites for hydroxylation is 1. The number of amides is 1. The van der Waals surface area contributed by atoms with Crippen LogP contribution < -0.4 is 5.32 Å². The van der Waals surface area contributed by atoms with Gasteiger partial charge in [-0.15, -0.1) is 0 Å². The standard InChI is InChI=1S/C15H19N5O2S/c1-10-13(20-22-19-10)9-14(21)18-11-3-5-12(6-4-11)23-15-16-7-2-8-17-15/h2,7-8,11-12H,3-6,9H2,1H3,(H,18,21). The molecule has 0 spiro atoms. The number of rotatable bonds is 5. The van der Waals surface area contributed by atoms with Crippen LogP contribution in [0.1, 0.15) is 37.1 Å². The lowest BCUT2D eigenvalue weighted by molar-refractivity contribution is -0.121. The zero-order valence-electron chi connectivity index (χ0n) is 12.9. The van der Waals surface area contributed by atoms with E-state index in [1.807, 2.05) is 6.07 Å². The van der Waals surface area contributed by atoms with Crippen LogP contribution in [0.5, 0.6) is 0 Å². The normalized spacial score (nSPS) is 21.1. The molecule has 3 rings (SSSR count). The van der Waals surface area contributed by atoms with E-state index in [4.69, 9.17) is 0 Å². The predicted octanol–water partition coefficient (Wildman–Crippen LogP) is 1.93. The third-order valence-electron chi connectivity index (χ3n) is 3.93. The Kier molecular flexibility index (Phi) is 5.22. The van der Waals surface area contributed by atoms with Gasteiger partial charge in [-0.1, -0.05) is 22.1 Å². The van der Waals surface area contributed by atoms with Gasteiger partial charge < -0.3 is 5.32 Å². The van der Waals surface area contributed by atoms with Gasteiger partial charge >= 0.3 is 0 Å². The van der Waals surface area contributed by atoms with E-state index in [9.17, 15) is 4.79 Å². The van der Waals surface area contributed by atoms with Crippen molar-refractivity contribution in [3.8, 4) is 0 Å². The Hall–Kier alpha value is -1.96. The molecule has 7 nitrogen and oxygen atoms in total. The lowest BCUT2D eigenvalue weighted by Crippen LogP contribution is -2.39. The Bertz CT molecular complexity index is 640. The van der Waals surface area contributed by atoms with Gasteiger partial charge in [0.05, 0.1) is 6.42 Å². The number of carbonyl (C=O) groups is 1. The molecule has 1 fully saturated rings. The van der Waals surface area contributed by atoms with E-state index in [0.717, 1.165) is 30.8 Å². The van der Waals surface area contributed by atoms with Gasteiger partial charge in [-0.2, -0.15) is 0 Å². The summed E-state index contributed by atoms with van der Waals surface area (Å²) in [6.45, 7) is 1.78. The Labute approximate surface area is 138 Å². The monoisotopic (exact) mass is 333 g/mol. The lowest BCUT2D eigenvalue weighted by atomic mass is 9.95. The second kappa shape index (κ2) is 7.54. The summed E-state index contributed by atoms with van der Waals surface area (Å²) in [5.41, 5.74) is 1.27. The molecule has 0 unspecified atom stereocenters. The molecule has 1 aliphatic carbocycles. The molecule has 2 heterocycles. The first-order valence-corrected chi connectivity index (χ1v) is 8.60. The second-order valence-corrected chi connectivity index (χ2v) is 6.93. The second-order valence-electron chi connectivity index (χ2n) is 5.66. The van der Waals surface area contributed by atoms with E-state index in [2.05, 4.69) is 30.2 Å². The first kappa shape index (κ1) is 15.9. The number of thioether (sulfide) groups is 1. The van der Waals surface area contributed by atoms with Gasteiger partial charge in [-0.25, -0.2) is 14.6 Å². The third-order valence-corrected chi connectivity index (χ3v) is 5.15. The number of nitrogens with one attached hydrogen (secondary N) is 1. The highest BCUT2D eigenvalue weighted by atomic mass is 32.2. The maximum Gasteiger partial charge on any atom is 0.226 e. The Morgan fingerprint density at radius 3 is 2.65 bits per heavy atom. The van der Waals surface area contributed by atoms with Crippen LogP contribution in [-0.4, -0.2) is 37.5 Å². The lowest BCUT2D eigenvalue weighted by Gasteiger charge is -2.28. The van der Waals surface area contributed by atoms with Crippen molar-refractivity contribution in [1.29, 1.82) is 0 Å². The first-order chi connectivity index (χ1) is 11.2. The molecule has 1 N–H and O–H groups in total. The maximum atomic E-state index is 12.1. The van der Waals surface area contributed by atoms with E-state index in [1.165, 1.54) is 0 Å². The van der Waals surface area contributed by atoms with Gasteiger partial charge in [0.15, 0.2) is 5.16 Å². The Morgan fingerprint density at radius 2 is 2.00 bits per heavy atom. The van der Waals surface area contributed by atoms with Crippen LogP contribution in [0.4, 0.5) is 0 Å². The molecule has 1 aliphatic rings. The summed E-state index contributed by atoms with van der Waals surface area (Å²) in [4.78, 5) is 20.6. The van der Waals surface area contributed by atoms with Gasteiger partial charge in [0.1, 0.15) is 11.4 Å². The van der Waals surface area contributed by atoms with E-state index in [-0.39, 0.29) is 18.4 Å². The molecule has 0 bridgehead atoms. The minimum atomic E-state index is -0.0219. The quantitative estimate of drug-likeness (QED) is 0.835. The molecule has 8 heteroatoms. The summed E-state index contributed by atoms with van der Waals surface area (Å²) >= 11 is 1.73. The number of hydrogen-bond donors (Lipinski definition) is 1. The molecular weight excluding hydrogens is 314 g/mol. The van der Waals surface area contributed by atoms with Crippen LogP contribution in [0.25, 0.3) is 0 Å². The molecule has 0 atom stereocenters. The van der Waals surface area contributed by atoms with Gasteiger partial charge in [0.2, 0.25) is 5.91 Å². The van der Waals surface area contributed by atoms with Crippen LogP contribution in [0.2, 0.25) is 0 Å². The number of aromatic nitrogens is 4. The fraction of sp³-hybridized carbons (Fsp3) is 0.533. The molecule has 2 aromatic heterocycles. The molecule has 0 saturated heterocycles. The van der Waals surface area contributed by atoms with Gasteiger partial charge in [0, 0.05) is 23.7 Å². The zero-order chi connectivity index (χ0) is 16.1. The van der Waals surface area contributed by atoms with E-state index in [0.29, 0.717) is 16.6 Å². The molecule has 2 aromatic rings. The summed E-state index contributed by atoms with van der Waals surface area (Å²) in [6.07, 6.45) is 7.82. The van der Waals surface area contributed by atoms with Crippen molar-refractivity contribution in [3.05, 3.63) is 29.8 Å². The third kappa shape index (κ3) is 4.51. The van der Waals surface area contributed by atoms with Crippen molar-refractivity contribution in [2.24, 2.45) is 0 Å². The highest BCUT2D eigenvalue weighted by Crippen LogP contribution is 2.31. The number of hydrogen-bond acceptors (Lipinski definition) is 7. The van der Waals surface area contributed by atoms with Crippen LogP contribution in [0, 0.1) is 6.92 Å². The van der Waals surface area contributed by atoms with Gasteiger partial charge in [0.25, 0.3) is 0 Å². The van der Waals surface area contributed by atoms with E-state index < -0.39 is 0 Å². The molecule has 122 valence electrons. The van der Waals surface area contributed by atoms with Crippen LogP contribution in [0.3, 0.4) is 0 Å². The average Bonchev–Trinajstić information content (AvgIpc) is 2.95. The molecule has 23 heavy (non-hydrogen) atoms. The summed E-state index contributed by atoms with van der Waals surface area (Å²) < 4.78 is 4.61. The van der Waals surface area contributed by atoms with Crippen LogP contribution in [-0.2, 0) is 11.2 Å². The van der Waals surface area contributed by atoms with Gasteiger partial charge in [-0.05, 0) is 38.7 Å². The largest absolute Gasteiger partial charge is 0.353 e. The minimum Gasteiger partial charge on any atom is -0.353 e. The van der Waals surface area contributed by atoms with E-state index >= 15 is 0 Å². The Morgan fingerprint density at radius 1 is 1.26 bits per heavy atom.